The fourth-order valence-corrected chi connectivity index (χ4v) is 5.90. The molecular formula is C38H68O. The summed E-state index contributed by atoms with van der Waals surface area (Å²) in [6, 6.07) is 9.75. The Morgan fingerprint density at radius 3 is 0.923 bits per heavy atom. The van der Waals surface area contributed by atoms with Crippen molar-refractivity contribution in [3.63, 3.8) is 0 Å². The van der Waals surface area contributed by atoms with Gasteiger partial charge in [-0.25, -0.2) is 0 Å². The summed E-state index contributed by atoms with van der Waals surface area (Å²) in [5.74, 6) is 0.306. The Kier molecular flexibility index (Phi) is 27.5. The molecule has 0 aliphatic heterocycles. The second kappa shape index (κ2) is 29.9. The zero-order valence-corrected chi connectivity index (χ0v) is 26.5. The lowest BCUT2D eigenvalue weighted by Gasteiger charge is -2.05. The Labute approximate surface area is 245 Å². The molecule has 0 saturated heterocycles. The molecule has 1 aromatic rings. The van der Waals surface area contributed by atoms with Gasteiger partial charge >= 0.3 is 0 Å². The third-order valence-corrected chi connectivity index (χ3v) is 8.60. The van der Waals surface area contributed by atoms with Gasteiger partial charge in [-0.2, -0.15) is 0 Å². The van der Waals surface area contributed by atoms with Gasteiger partial charge in [0.15, 0.2) is 5.78 Å². The predicted octanol–water partition coefficient (Wildman–Crippen LogP) is 13.6. The minimum absolute atomic E-state index is 0.306. The first-order valence-electron chi connectivity index (χ1n) is 17.9. The lowest BCUT2D eigenvalue weighted by Crippen LogP contribution is -1.98. The number of hydrogen-bond acceptors (Lipinski definition) is 1. The van der Waals surface area contributed by atoms with E-state index in [1.807, 2.05) is 30.3 Å². The van der Waals surface area contributed by atoms with E-state index in [4.69, 9.17) is 0 Å². The number of carbonyl (C=O) groups excluding carboxylic acids is 1. The molecule has 0 unspecified atom stereocenters. The fraction of sp³-hybridized carbons (Fsp3) is 0.816. The first-order valence-corrected chi connectivity index (χ1v) is 17.9. The van der Waals surface area contributed by atoms with Crippen LogP contribution < -0.4 is 0 Å². The normalized spacial score (nSPS) is 11.3. The van der Waals surface area contributed by atoms with Crippen LogP contribution in [0, 0.1) is 0 Å². The van der Waals surface area contributed by atoms with Gasteiger partial charge in [-0.3, -0.25) is 4.79 Å². The van der Waals surface area contributed by atoms with E-state index in [1.54, 1.807) is 0 Å². The highest BCUT2D eigenvalue weighted by Gasteiger charge is 2.04. The molecular weight excluding hydrogens is 472 g/mol. The van der Waals surface area contributed by atoms with Crippen molar-refractivity contribution in [1.29, 1.82) is 0 Å². The molecule has 0 amide bonds. The Morgan fingerprint density at radius 2 is 0.641 bits per heavy atom. The summed E-state index contributed by atoms with van der Waals surface area (Å²) >= 11 is 0. The Balaban J connectivity index is 1.65. The monoisotopic (exact) mass is 541 g/mol. The average Bonchev–Trinajstić information content (AvgIpc) is 2.96. The standard InChI is InChI=1S/C38H68O/c1-2-3-4-5-6-7-8-9-10-11-12-13-14-15-16-17-18-19-20-21-22-23-24-25-26-27-28-29-33-36-38(39)37-34-31-30-32-35-37/h30-32,34-35H,2-29,33,36H2,1H3. The summed E-state index contributed by atoms with van der Waals surface area (Å²) in [5.41, 5.74) is 0.873. The van der Waals surface area contributed by atoms with E-state index in [-0.39, 0.29) is 0 Å². The number of Topliss-reactive ketones (excluding diaryl/α,β-unsaturated/α-hetero) is 1. The van der Waals surface area contributed by atoms with Crippen molar-refractivity contribution < 1.29 is 4.79 Å². The van der Waals surface area contributed by atoms with Gasteiger partial charge in [0, 0.05) is 12.0 Å². The SMILES string of the molecule is CCCCCCCCCCCCCCCCCCCCCCCCCCCCCCCC(=O)c1ccccc1. The second-order valence-electron chi connectivity index (χ2n) is 12.4. The molecule has 0 aromatic heterocycles. The third kappa shape index (κ3) is 25.6. The molecule has 0 radical (unpaired) electrons. The molecule has 0 aliphatic rings. The first kappa shape index (κ1) is 35.9. The van der Waals surface area contributed by atoms with Crippen LogP contribution >= 0.6 is 0 Å². The molecule has 0 fully saturated rings. The molecule has 1 aromatic carbocycles. The molecule has 0 atom stereocenters. The molecule has 0 aliphatic carbocycles. The number of carbonyl (C=O) groups is 1. The van der Waals surface area contributed by atoms with Crippen LogP contribution in [0.3, 0.4) is 0 Å². The van der Waals surface area contributed by atoms with Crippen molar-refractivity contribution in [2.24, 2.45) is 0 Å². The zero-order valence-electron chi connectivity index (χ0n) is 26.5. The summed E-state index contributed by atoms with van der Waals surface area (Å²) in [6.45, 7) is 2.30. The number of unbranched alkanes of at least 4 members (excludes halogenated alkanes) is 28. The van der Waals surface area contributed by atoms with Crippen LogP contribution in [0.1, 0.15) is 210 Å². The van der Waals surface area contributed by atoms with Crippen molar-refractivity contribution in [3.05, 3.63) is 35.9 Å². The van der Waals surface area contributed by atoms with Gasteiger partial charge in [-0.15, -0.1) is 0 Å². The van der Waals surface area contributed by atoms with Gasteiger partial charge in [-0.1, -0.05) is 217 Å². The van der Waals surface area contributed by atoms with Crippen LogP contribution in [0.4, 0.5) is 0 Å². The number of hydrogen-bond donors (Lipinski definition) is 0. The van der Waals surface area contributed by atoms with Crippen LogP contribution in [-0.4, -0.2) is 5.78 Å². The summed E-state index contributed by atoms with van der Waals surface area (Å²) in [6.07, 6.45) is 42.0. The highest BCUT2D eigenvalue weighted by Crippen LogP contribution is 2.17. The number of rotatable bonds is 31. The highest BCUT2D eigenvalue weighted by atomic mass is 16.1. The van der Waals surface area contributed by atoms with E-state index in [0.29, 0.717) is 12.2 Å². The van der Waals surface area contributed by atoms with E-state index >= 15 is 0 Å². The molecule has 1 nitrogen and oxygen atoms in total. The summed E-state index contributed by atoms with van der Waals surface area (Å²) in [5, 5.41) is 0. The maximum absolute atomic E-state index is 12.1. The van der Waals surface area contributed by atoms with Gasteiger partial charge in [0.05, 0.1) is 0 Å². The van der Waals surface area contributed by atoms with Crippen LogP contribution in [0.5, 0.6) is 0 Å². The Hall–Kier alpha value is -1.11. The number of benzene rings is 1. The Bertz CT molecular complexity index is 606. The van der Waals surface area contributed by atoms with Crippen LogP contribution in [-0.2, 0) is 0 Å². The van der Waals surface area contributed by atoms with E-state index in [2.05, 4.69) is 6.92 Å². The third-order valence-electron chi connectivity index (χ3n) is 8.60. The topological polar surface area (TPSA) is 17.1 Å². The first-order chi connectivity index (χ1) is 19.3. The number of ketones is 1. The minimum Gasteiger partial charge on any atom is -0.294 e. The Morgan fingerprint density at radius 1 is 0.385 bits per heavy atom. The maximum atomic E-state index is 12.1. The van der Waals surface area contributed by atoms with Crippen LogP contribution in [0.2, 0.25) is 0 Å². The van der Waals surface area contributed by atoms with Crippen LogP contribution in [0.25, 0.3) is 0 Å². The molecule has 1 rings (SSSR count). The van der Waals surface area contributed by atoms with E-state index in [0.717, 1.165) is 12.0 Å². The van der Waals surface area contributed by atoms with Crippen molar-refractivity contribution in [3.8, 4) is 0 Å². The molecule has 226 valence electrons. The average molecular weight is 541 g/mol. The van der Waals surface area contributed by atoms with Crippen molar-refractivity contribution in [2.75, 3.05) is 0 Å². The molecule has 1 heteroatoms. The van der Waals surface area contributed by atoms with Gasteiger partial charge < -0.3 is 0 Å². The fourth-order valence-electron chi connectivity index (χ4n) is 5.90. The molecule has 0 bridgehead atoms. The largest absolute Gasteiger partial charge is 0.294 e. The predicted molar refractivity (Wildman–Crippen MR) is 175 cm³/mol. The lowest BCUT2D eigenvalue weighted by molar-refractivity contribution is 0.0979. The summed E-state index contributed by atoms with van der Waals surface area (Å²) in [4.78, 5) is 12.1. The summed E-state index contributed by atoms with van der Waals surface area (Å²) < 4.78 is 0. The van der Waals surface area contributed by atoms with Gasteiger partial charge in [0.1, 0.15) is 0 Å². The van der Waals surface area contributed by atoms with Gasteiger partial charge in [-0.05, 0) is 6.42 Å². The highest BCUT2D eigenvalue weighted by molar-refractivity contribution is 5.95. The summed E-state index contributed by atoms with van der Waals surface area (Å²) in [7, 11) is 0. The van der Waals surface area contributed by atoms with E-state index in [1.165, 1.54) is 180 Å². The van der Waals surface area contributed by atoms with E-state index < -0.39 is 0 Å². The molecule has 0 heterocycles. The molecule has 0 saturated carbocycles. The minimum atomic E-state index is 0.306. The van der Waals surface area contributed by atoms with E-state index in [9.17, 15) is 4.79 Å². The van der Waals surface area contributed by atoms with Gasteiger partial charge in [0.2, 0.25) is 0 Å². The van der Waals surface area contributed by atoms with Crippen LogP contribution in [0.15, 0.2) is 30.3 Å². The van der Waals surface area contributed by atoms with Crippen molar-refractivity contribution >= 4 is 5.78 Å². The quantitative estimate of drug-likeness (QED) is 0.0676. The smallest absolute Gasteiger partial charge is 0.162 e. The maximum Gasteiger partial charge on any atom is 0.162 e. The zero-order chi connectivity index (χ0) is 27.9. The van der Waals surface area contributed by atoms with Crippen molar-refractivity contribution in [1.82, 2.24) is 0 Å². The molecule has 0 spiro atoms. The molecule has 0 N–H and O–H groups in total. The second-order valence-corrected chi connectivity index (χ2v) is 12.4. The van der Waals surface area contributed by atoms with Gasteiger partial charge in [0.25, 0.3) is 0 Å². The van der Waals surface area contributed by atoms with Crippen molar-refractivity contribution in [2.45, 2.75) is 200 Å². The lowest BCUT2D eigenvalue weighted by atomic mass is 10.0. The molecule has 39 heavy (non-hydrogen) atoms.